The van der Waals surface area contributed by atoms with Gasteiger partial charge in [0.2, 0.25) is 0 Å². The molecule has 0 radical (unpaired) electrons. The number of nitrogens with one attached hydrogen (secondary N) is 1. The maximum Gasteiger partial charge on any atom is 0.142 e. The highest BCUT2D eigenvalue weighted by atomic mass is 16.1. The van der Waals surface area contributed by atoms with Gasteiger partial charge in [0.15, 0.2) is 0 Å². The number of aldehydes is 1. The van der Waals surface area contributed by atoms with Crippen LogP contribution in [0.4, 0.5) is 5.69 Å². The third kappa shape index (κ3) is 2.75. The maximum absolute atomic E-state index is 10.1. The SMILES string of the molecule is CCNc1ccccc1/C=C/C=O. The highest BCUT2D eigenvalue weighted by Gasteiger charge is 1.94. The third-order valence-corrected chi connectivity index (χ3v) is 1.68. The number of allylic oxidation sites excluding steroid dienone is 1. The van der Waals surface area contributed by atoms with Crippen molar-refractivity contribution in [2.45, 2.75) is 6.92 Å². The van der Waals surface area contributed by atoms with E-state index in [2.05, 4.69) is 5.32 Å². The molecule has 0 saturated carbocycles. The van der Waals surface area contributed by atoms with E-state index < -0.39 is 0 Å². The molecule has 1 N–H and O–H groups in total. The first-order chi connectivity index (χ1) is 6.38. The number of para-hydroxylation sites is 1. The van der Waals surface area contributed by atoms with Gasteiger partial charge in [0.05, 0.1) is 0 Å². The van der Waals surface area contributed by atoms with Crippen molar-refractivity contribution in [3.63, 3.8) is 0 Å². The molecule has 0 aromatic heterocycles. The molecule has 1 aromatic carbocycles. The van der Waals surface area contributed by atoms with Crippen LogP contribution in [0.1, 0.15) is 12.5 Å². The summed E-state index contributed by atoms with van der Waals surface area (Å²) in [6.07, 6.45) is 4.07. The maximum atomic E-state index is 10.1. The first kappa shape index (κ1) is 9.52. The van der Waals surface area contributed by atoms with Crippen LogP contribution in [0.25, 0.3) is 6.08 Å². The number of hydrogen-bond acceptors (Lipinski definition) is 2. The van der Waals surface area contributed by atoms with Gasteiger partial charge in [-0.25, -0.2) is 0 Å². The van der Waals surface area contributed by atoms with Gasteiger partial charge in [-0.2, -0.15) is 0 Å². The number of rotatable bonds is 4. The van der Waals surface area contributed by atoms with Crippen molar-refractivity contribution in [2.24, 2.45) is 0 Å². The van der Waals surface area contributed by atoms with Gasteiger partial charge >= 0.3 is 0 Å². The summed E-state index contributed by atoms with van der Waals surface area (Å²) in [5.41, 5.74) is 2.10. The molecule has 0 bridgehead atoms. The molecule has 2 heteroatoms. The molecule has 2 nitrogen and oxygen atoms in total. The molecule has 0 atom stereocenters. The largest absolute Gasteiger partial charge is 0.385 e. The minimum Gasteiger partial charge on any atom is -0.385 e. The minimum atomic E-state index is 0.780. The van der Waals surface area contributed by atoms with E-state index in [9.17, 15) is 4.79 Å². The van der Waals surface area contributed by atoms with Crippen molar-refractivity contribution in [3.8, 4) is 0 Å². The molecule has 0 saturated heterocycles. The van der Waals surface area contributed by atoms with Crippen LogP contribution in [0.5, 0.6) is 0 Å². The second kappa shape index (κ2) is 5.14. The summed E-state index contributed by atoms with van der Waals surface area (Å²) >= 11 is 0. The Morgan fingerprint density at radius 3 is 2.85 bits per heavy atom. The topological polar surface area (TPSA) is 29.1 Å². The van der Waals surface area contributed by atoms with Gasteiger partial charge in [0.25, 0.3) is 0 Å². The zero-order chi connectivity index (χ0) is 9.52. The van der Waals surface area contributed by atoms with Gasteiger partial charge < -0.3 is 5.32 Å². The Kier molecular flexibility index (Phi) is 3.76. The molecule has 0 amide bonds. The van der Waals surface area contributed by atoms with E-state index in [4.69, 9.17) is 0 Å². The Morgan fingerprint density at radius 2 is 2.15 bits per heavy atom. The number of benzene rings is 1. The fourth-order valence-electron chi connectivity index (χ4n) is 1.14. The molecule has 0 heterocycles. The fourth-order valence-corrected chi connectivity index (χ4v) is 1.14. The number of carbonyl (C=O) groups is 1. The summed E-state index contributed by atoms with van der Waals surface area (Å²) in [6, 6.07) is 7.88. The Bertz CT molecular complexity index is 305. The Balaban J connectivity index is 2.90. The average molecular weight is 175 g/mol. The lowest BCUT2D eigenvalue weighted by molar-refractivity contribution is -0.104. The van der Waals surface area contributed by atoms with Crippen LogP contribution in [-0.4, -0.2) is 12.8 Å². The molecule has 1 aromatic rings. The number of hydrogen-bond donors (Lipinski definition) is 1. The van der Waals surface area contributed by atoms with E-state index in [1.807, 2.05) is 31.2 Å². The fraction of sp³-hybridized carbons (Fsp3) is 0.182. The Morgan fingerprint density at radius 1 is 1.38 bits per heavy atom. The zero-order valence-corrected chi connectivity index (χ0v) is 7.66. The van der Waals surface area contributed by atoms with Gasteiger partial charge in [-0.1, -0.05) is 18.2 Å². The molecule has 0 spiro atoms. The Hall–Kier alpha value is -1.57. The van der Waals surface area contributed by atoms with Gasteiger partial charge in [0, 0.05) is 12.2 Å². The van der Waals surface area contributed by atoms with Gasteiger partial charge in [-0.3, -0.25) is 4.79 Å². The van der Waals surface area contributed by atoms with Crippen molar-refractivity contribution in [1.82, 2.24) is 0 Å². The van der Waals surface area contributed by atoms with Crippen molar-refractivity contribution in [3.05, 3.63) is 35.9 Å². The molecule has 0 aliphatic carbocycles. The Labute approximate surface area is 78.3 Å². The molecule has 13 heavy (non-hydrogen) atoms. The van der Waals surface area contributed by atoms with Crippen LogP contribution in [0, 0.1) is 0 Å². The first-order valence-corrected chi connectivity index (χ1v) is 4.33. The van der Waals surface area contributed by atoms with Crippen molar-refractivity contribution >= 4 is 18.0 Å². The lowest BCUT2D eigenvalue weighted by Crippen LogP contribution is -1.97. The summed E-state index contributed by atoms with van der Waals surface area (Å²) in [5, 5.41) is 3.22. The zero-order valence-electron chi connectivity index (χ0n) is 7.66. The lowest BCUT2D eigenvalue weighted by Gasteiger charge is -2.05. The second-order valence-corrected chi connectivity index (χ2v) is 2.61. The first-order valence-electron chi connectivity index (χ1n) is 4.33. The van der Waals surface area contributed by atoms with E-state index >= 15 is 0 Å². The van der Waals surface area contributed by atoms with E-state index in [0.717, 1.165) is 24.1 Å². The standard InChI is InChI=1S/C11H13NO/c1-2-12-11-8-4-3-6-10(11)7-5-9-13/h3-9,12H,2H2,1H3/b7-5+. The average Bonchev–Trinajstić information content (AvgIpc) is 2.17. The quantitative estimate of drug-likeness (QED) is 0.562. The molecular weight excluding hydrogens is 162 g/mol. The summed E-state index contributed by atoms with van der Waals surface area (Å²) in [6.45, 7) is 2.92. The van der Waals surface area contributed by atoms with Crippen LogP contribution >= 0.6 is 0 Å². The molecule has 0 aliphatic rings. The molecule has 0 fully saturated rings. The lowest BCUT2D eigenvalue weighted by atomic mass is 10.1. The van der Waals surface area contributed by atoms with Gasteiger partial charge in [0.1, 0.15) is 6.29 Å². The van der Waals surface area contributed by atoms with Crippen LogP contribution in [0.15, 0.2) is 30.3 Å². The molecular formula is C11H13NO. The number of carbonyl (C=O) groups excluding carboxylic acids is 1. The third-order valence-electron chi connectivity index (χ3n) is 1.68. The van der Waals surface area contributed by atoms with Crippen LogP contribution < -0.4 is 5.32 Å². The predicted molar refractivity (Wildman–Crippen MR) is 55.7 cm³/mol. The summed E-state index contributed by atoms with van der Waals surface area (Å²) < 4.78 is 0. The highest BCUT2D eigenvalue weighted by molar-refractivity contribution is 5.77. The van der Waals surface area contributed by atoms with Crippen LogP contribution in [0.3, 0.4) is 0 Å². The molecule has 0 unspecified atom stereocenters. The summed E-state index contributed by atoms with van der Waals surface area (Å²) in [5.74, 6) is 0. The summed E-state index contributed by atoms with van der Waals surface area (Å²) in [7, 11) is 0. The molecule has 1 rings (SSSR count). The van der Waals surface area contributed by atoms with E-state index in [1.54, 1.807) is 6.08 Å². The highest BCUT2D eigenvalue weighted by Crippen LogP contribution is 2.15. The summed E-state index contributed by atoms with van der Waals surface area (Å²) in [4.78, 5) is 10.1. The van der Waals surface area contributed by atoms with Gasteiger partial charge in [-0.05, 0) is 30.7 Å². The van der Waals surface area contributed by atoms with Gasteiger partial charge in [-0.15, -0.1) is 0 Å². The normalized spacial score (nSPS) is 10.2. The predicted octanol–water partition coefficient (Wildman–Crippen LogP) is 2.33. The van der Waals surface area contributed by atoms with E-state index in [1.165, 1.54) is 6.08 Å². The van der Waals surface area contributed by atoms with Crippen LogP contribution in [-0.2, 0) is 4.79 Å². The minimum absolute atomic E-state index is 0.780. The molecule has 0 aliphatic heterocycles. The molecule has 68 valence electrons. The number of anilines is 1. The van der Waals surface area contributed by atoms with Crippen molar-refractivity contribution in [1.29, 1.82) is 0 Å². The van der Waals surface area contributed by atoms with Crippen LogP contribution in [0.2, 0.25) is 0 Å². The van der Waals surface area contributed by atoms with Crippen molar-refractivity contribution in [2.75, 3.05) is 11.9 Å². The smallest absolute Gasteiger partial charge is 0.142 e. The second-order valence-electron chi connectivity index (χ2n) is 2.61. The van der Waals surface area contributed by atoms with E-state index in [0.29, 0.717) is 0 Å². The van der Waals surface area contributed by atoms with Crippen molar-refractivity contribution < 1.29 is 4.79 Å². The monoisotopic (exact) mass is 175 g/mol. The van der Waals surface area contributed by atoms with E-state index in [-0.39, 0.29) is 0 Å².